The van der Waals surface area contributed by atoms with Crippen molar-refractivity contribution in [3.63, 3.8) is 0 Å². The molecule has 3 aromatic rings. The molecule has 0 saturated heterocycles. The number of hydrogen-bond donors (Lipinski definition) is 3. The van der Waals surface area contributed by atoms with E-state index in [1.54, 1.807) is 47.2 Å². The van der Waals surface area contributed by atoms with Gasteiger partial charge in [-0.05, 0) is 36.4 Å². The maximum atomic E-state index is 12.1. The fraction of sp³-hybridized carbons (Fsp3) is 0.158. The van der Waals surface area contributed by atoms with Crippen LogP contribution in [-0.2, 0) is 9.59 Å². The maximum Gasteiger partial charge on any atom is 0.271 e. The molecule has 0 aliphatic carbocycles. The number of rotatable bonds is 7. The number of imidazole rings is 1. The molecule has 0 spiro atoms. The van der Waals surface area contributed by atoms with Crippen LogP contribution in [0.25, 0.3) is 5.82 Å². The number of carbonyl (C=O) groups is 3. The van der Waals surface area contributed by atoms with Crippen molar-refractivity contribution in [3.8, 4) is 5.82 Å². The van der Waals surface area contributed by atoms with E-state index in [0.29, 0.717) is 22.2 Å². The summed E-state index contributed by atoms with van der Waals surface area (Å²) in [6.07, 6.45) is 3.03. The summed E-state index contributed by atoms with van der Waals surface area (Å²) in [5, 5.41) is 16.7. The monoisotopic (exact) mass is 425 g/mol. The fourth-order valence-electron chi connectivity index (χ4n) is 2.40. The summed E-state index contributed by atoms with van der Waals surface area (Å²) in [7, 11) is 1.53. The standard InChI is InChI=1S/C19H19N7O3S/c1-12(27)22-13-3-5-14(6-4-13)23-17(28)10-30-18-8-7-16(24-25-18)26-9-15(21-11-26)19(29)20-2/h3-9,11H,10H2,1-2H3,(H,20,29)(H,22,27)(H,23,28). The minimum absolute atomic E-state index is 0.157. The molecule has 0 bridgehead atoms. The van der Waals surface area contributed by atoms with Gasteiger partial charge in [0.2, 0.25) is 11.8 Å². The van der Waals surface area contributed by atoms with E-state index in [9.17, 15) is 14.4 Å². The van der Waals surface area contributed by atoms with E-state index in [-0.39, 0.29) is 29.2 Å². The number of benzene rings is 1. The lowest BCUT2D eigenvalue weighted by molar-refractivity contribution is -0.114. The minimum atomic E-state index is -0.287. The van der Waals surface area contributed by atoms with Gasteiger partial charge in [0.05, 0.1) is 5.75 Å². The van der Waals surface area contributed by atoms with E-state index < -0.39 is 0 Å². The van der Waals surface area contributed by atoms with Crippen LogP contribution in [-0.4, -0.2) is 50.3 Å². The Morgan fingerprint density at radius 1 is 1.00 bits per heavy atom. The Morgan fingerprint density at radius 3 is 2.30 bits per heavy atom. The minimum Gasteiger partial charge on any atom is -0.354 e. The molecule has 30 heavy (non-hydrogen) atoms. The van der Waals surface area contributed by atoms with E-state index in [2.05, 4.69) is 31.1 Å². The van der Waals surface area contributed by atoms with Crippen molar-refractivity contribution in [3.05, 3.63) is 54.6 Å². The van der Waals surface area contributed by atoms with E-state index in [4.69, 9.17) is 0 Å². The molecule has 3 rings (SSSR count). The zero-order valence-electron chi connectivity index (χ0n) is 16.2. The highest BCUT2D eigenvalue weighted by Gasteiger charge is 2.10. The van der Waals surface area contributed by atoms with Crippen LogP contribution in [0.3, 0.4) is 0 Å². The molecule has 2 aromatic heterocycles. The van der Waals surface area contributed by atoms with Crippen molar-refractivity contribution in [1.29, 1.82) is 0 Å². The van der Waals surface area contributed by atoms with Crippen LogP contribution in [0.5, 0.6) is 0 Å². The molecule has 0 saturated carbocycles. The SMILES string of the molecule is CNC(=O)c1cn(-c2ccc(SCC(=O)Nc3ccc(NC(C)=O)cc3)nn2)cn1. The molecule has 3 N–H and O–H groups in total. The molecule has 0 aliphatic rings. The van der Waals surface area contributed by atoms with Crippen molar-refractivity contribution in [2.45, 2.75) is 11.9 Å². The van der Waals surface area contributed by atoms with Crippen molar-refractivity contribution >= 4 is 40.9 Å². The van der Waals surface area contributed by atoms with Gasteiger partial charge in [-0.3, -0.25) is 19.0 Å². The van der Waals surface area contributed by atoms with Crippen molar-refractivity contribution in [1.82, 2.24) is 25.1 Å². The Balaban J connectivity index is 1.52. The first-order valence-electron chi connectivity index (χ1n) is 8.85. The lowest BCUT2D eigenvalue weighted by Gasteiger charge is -2.07. The van der Waals surface area contributed by atoms with Gasteiger partial charge in [-0.25, -0.2) is 4.98 Å². The van der Waals surface area contributed by atoms with Gasteiger partial charge >= 0.3 is 0 Å². The smallest absolute Gasteiger partial charge is 0.271 e. The predicted octanol–water partition coefficient (Wildman–Crippen LogP) is 1.71. The van der Waals surface area contributed by atoms with Crippen LogP contribution in [0, 0.1) is 0 Å². The van der Waals surface area contributed by atoms with Crippen LogP contribution in [0.1, 0.15) is 17.4 Å². The van der Waals surface area contributed by atoms with Crippen molar-refractivity contribution in [2.24, 2.45) is 0 Å². The quantitative estimate of drug-likeness (QED) is 0.491. The van der Waals surface area contributed by atoms with Gasteiger partial charge < -0.3 is 16.0 Å². The zero-order chi connectivity index (χ0) is 21.5. The van der Waals surface area contributed by atoms with Gasteiger partial charge in [-0.15, -0.1) is 10.2 Å². The Kier molecular flexibility index (Phi) is 6.75. The largest absolute Gasteiger partial charge is 0.354 e. The highest BCUT2D eigenvalue weighted by Crippen LogP contribution is 2.17. The first-order chi connectivity index (χ1) is 14.4. The number of anilines is 2. The number of hydrogen-bond acceptors (Lipinski definition) is 7. The van der Waals surface area contributed by atoms with Gasteiger partial charge in [-0.1, -0.05) is 11.8 Å². The van der Waals surface area contributed by atoms with Gasteiger partial charge in [-0.2, -0.15) is 0 Å². The Labute approximate surface area is 176 Å². The second kappa shape index (κ2) is 9.65. The molecule has 0 atom stereocenters. The summed E-state index contributed by atoms with van der Waals surface area (Å²) in [6.45, 7) is 1.43. The fourth-order valence-corrected chi connectivity index (χ4v) is 3.01. The summed E-state index contributed by atoms with van der Waals surface area (Å²) in [4.78, 5) is 38.7. The molecule has 3 amide bonds. The lowest BCUT2D eigenvalue weighted by atomic mass is 10.3. The first kappa shape index (κ1) is 21.0. The molecule has 0 unspecified atom stereocenters. The van der Waals surface area contributed by atoms with Gasteiger partial charge in [0.15, 0.2) is 5.82 Å². The van der Waals surface area contributed by atoms with Gasteiger partial charge in [0.25, 0.3) is 5.91 Å². The number of carbonyl (C=O) groups excluding carboxylic acids is 3. The molecule has 10 nitrogen and oxygen atoms in total. The lowest BCUT2D eigenvalue weighted by Crippen LogP contribution is -2.18. The molecule has 2 heterocycles. The summed E-state index contributed by atoms with van der Waals surface area (Å²) >= 11 is 1.25. The third-order valence-corrected chi connectivity index (χ3v) is 4.69. The van der Waals surface area contributed by atoms with Gasteiger partial charge in [0, 0.05) is 31.5 Å². The first-order valence-corrected chi connectivity index (χ1v) is 9.83. The zero-order valence-corrected chi connectivity index (χ0v) is 17.1. The molecule has 1 aromatic carbocycles. The average Bonchev–Trinajstić information content (AvgIpc) is 3.23. The summed E-state index contributed by atoms with van der Waals surface area (Å²) in [5.41, 5.74) is 1.56. The van der Waals surface area contributed by atoms with Crippen LogP contribution in [0.2, 0.25) is 0 Å². The van der Waals surface area contributed by atoms with E-state index in [0.717, 1.165) is 0 Å². The van der Waals surface area contributed by atoms with Crippen LogP contribution in [0.15, 0.2) is 53.9 Å². The molecule has 0 fully saturated rings. The van der Waals surface area contributed by atoms with E-state index >= 15 is 0 Å². The Morgan fingerprint density at radius 2 is 1.70 bits per heavy atom. The second-order valence-corrected chi connectivity index (χ2v) is 7.07. The van der Waals surface area contributed by atoms with Crippen LogP contribution < -0.4 is 16.0 Å². The molecular formula is C19H19N7O3S. The van der Waals surface area contributed by atoms with Crippen molar-refractivity contribution in [2.75, 3.05) is 23.4 Å². The van der Waals surface area contributed by atoms with Crippen molar-refractivity contribution < 1.29 is 14.4 Å². The highest BCUT2D eigenvalue weighted by molar-refractivity contribution is 7.99. The second-order valence-electron chi connectivity index (χ2n) is 6.07. The van der Waals surface area contributed by atoms with E-state index in [1.807, 2.05) is 0 Å². The number of thioether (sulfide) groups is 1. The predicted molar refractivity (Wildman–Crippen MR) is 113 cm³/mol. The Hall–Kier alpha value is -3.73. The third-order valence-electron chi connectivity index (χ3n) is 3.77. The molecule has 154 valence electrons. The highest BCUT2D eigenvalue weighted by atomic mass is 32.2. The molecule has 0 aliphatic heterocycles. The summed E-state index contributed by atoms with van der Waals surface area (Å²) in [5.74, 6) is 0.0292. The number of aromatic nitrogens is 4. The molecular weight excluding hydrogens is 406 g/mol. The molecule has 0 radical (unpaired) electrons. The molecule has 11 heteroatoms. The van der Waals surface area contributed by atoms with Gasteiger partial charge in [0.1, 0.15) is 17.0 Å². The maximum absolute atomic E-state index is 12.1. The summed E-state index contributed by atoms with van der Waals surface area (Å²) in [6, 6.07) is 10.3. The Bertz CT molecular complexity index is 1050. The van der Waals surface area contributed by atoms with Crippen LogP contribution in [0.4, 0.5) is 11.4 Å². The third kappa shape index (κ3) is 5.64. The summed E-state index contributed by atoms with van der Waals surface area (Å²) < 4.78 is 1.59. The van der Waals surface area contributed by atoms with E-state index in [1.165, 1.54) is 32.1 Å². The van der Waals surface area contributed by atoms with Crippen LogP contribution >= 0.6 is 11.8 Å². The number of nitrogens with one attached hydrogen (secondary N) is 3. The normalized spacial score (nSPS) is 10.3. The topological polar surface area (TPSA) is 131 Å². The number of amides is 3. The number of nitrogens with zero attached hydrogens (tertiary/aromatic N) is 4. The average molecular weight is 425 g/mol.